The molecule has 0 radical (unpaired) electrons. The van der Waals surface area contributed by atoms with E-state index in [1.54, 1.807) is 43.2 Å². The molecule has 0 aliphatic carbocycles. The van der Waals surface area contributed by atoms with E-state index in [-0.39, 0.29) is 24.4 Å². The van der Waals surface area contributed by atoms with E-state index in [1.165, 1.54) is 4.90 Å². The predicted molar refractivity (Wildman–Crippen MR) is 148 cm³/mol. The number of rotatable bonds is 7. The minimum atomic E-state index is -0.710. The fourth-order valence-corrected chi connectivity index (χ4v) is 5.59. The molecule has 2 atom stereocenters. The number of aromatic nitrogens is 1. The molecule has 2 unspecified atom stereocenters. The molecule has 3 aromatic rings. The summed E-state index contributed by atoms with van der Waals surface area (Å²) < 4.78 is 6.63. The second kappa shape index (κ2) is 11.4. The zero-order chi connectivity index (χ0) is 27.4. The normalized spacial score (nSPS) is 16.3. The number of nitrogen functional groups attached to an aromatic ring is 1. The Morgan fingerprint density at radius 2 is 1.97 bits per heavy atom. The van der Waals surface area contributed by atoms with Crippen LogP contribution in [0.15, 0.2) is 48.7 Å². The maximum absolute atomic E-state index is 13.5. The van der Waals surface area contributed by atoms with Gasteiger partial charge in [0.2, 0.25) is 11.8 Å². The van der Waals surface area contributed by atoms with Crippen molar-refractivity contribution in [1.82, 2.24) is 20.1 Å². The van der Waals surface area contributed by atoms with Gasteiger partial charge in [-0.1, -0.05) is 30.3 Å². The standard InChI is InChI=1S/C28H35N5O4S/c1-18(19-9-6-5-7-10-19)33(27(36)37-28(2,3)4)17-24(34)32-14-8-11-22(32)26(35)31-16-20-15-21-23(38-20)12-13-30-25(21)29/h5-7,9-10,12-13,15,18,22H,8,11,14,16-17H2,1-4H3,(H2,29,30)(H,31,35). The van der Waals surface area contributed by atoms with Crippen molar-refractivity contribution in [3.63, 3.8) is 0 Å². The quantitative estimate of drug-likeness (QED) is 0.459. The average Bonchev–Trinajstić information content (AvgIpc) is 3.53. The molecule has 4 rings (SSSR count). The lowest BCUT2D eigenvalue weighted by Crippen LogP contribution is -2.50. The lowest BCUT2D eigenvalue weighted by molar-refractivity contribution is -0.139. The molecule has 3 amide bonds. The molecule has 0 spiro atoms. The number of pyridine rings is 1. The third-order valence-corrected chi connectivity index (χ3v) is 7.62. The summed E-state index contributed by atoms with van der Waals surface area (Å²) in [6.45, 7) is 7.86. The maximum Gasteiger partial charge on any atom is 0.411 e. The first kappa shape index (κ1) is 27.4. The van der Waals surface area contributed by atoms with Gasteiger partial charge < -0.3 is 20.7 Å². The van der Waals surface area contributed by atoms with E-state index < -0.39 is 17.7 Å². The Kier molecular flexibility index (Phi) is 8.20. The Balaban J connectivity index is 1.44. The van der Waals surface area contributed by atoms with Crippen molar-refractivity contribution >= 4 is 45.1 Å². The fraction of sp³-hybridized carbons (Fsp3) is 0.429. The number of carbonyl (C=O) groups is 3. The van der Waals surface area contributed by atoms with Crippen LogP contribution in [-0.2, 0) is 20.9 Å². The molecule has 10 heteroatoms. The molecule has 0 bridgehead atoms. The summed E-state index contributed by atoms with van der Waals surface area (Å²) in [6, 6.07) is 12.4. The minimum absolute atomic E-state index is 0.183. The van der Waals surface area contributed by atoms with E-state index >= 15 is 0 Å². The first-order chi connectivity index (χ1) is 18.0. The highest BCUT2D eigenvalue weighted by Crippen LogP contribution is 2.29. The van der Waals surface area contributed by atoms with E-state index in [2.05, 4.69) is 10.3 Å². The van der Waals surface area contributed by atoms with E-state index in [0.29, 0.717) is 25.3 Å². The first-order valence-electron chi connectivity index (χ1n) is 12.8. The smallest absolute Gasteiger partial charge is 0.411 e. The molecule has 1 aromatic carbocycles. The summed E-state index contributed by atoms with van der Waals surface area (Å²) in [5, 5.41) is 3.84. The van der Waals surface area contributed by atoms with E-state index in [9.17, 15) is 14.4 Å². The summed E-state index contributed by atoms with van der Waals surface area (Å²) >= 11 is 1.55. The molecule has 9 nitrogen and oxygen atoms in total. The lowest BCUT2D eigenvalue weighted by Gasteiger charge is -2.33. The third kappa shape index (κ3) is 6.42. The van der Waals surface area contributed by atoms with Crippen LogP contribution in [0.4, 0.5) is 10.6 Å². The molecule has 3 heterocycles. The Bertz CT molecular complexity index is 1300. The fourth-order valence-electron chi connectivity index (χ4n) is 4.58. The largest absolute Gasteiger partial charge is 0.444 e. The predicted octanol–water partition coefficient (Wildman–Crippen LogP) is 4.48. The summed E-state index contributed by atoms with van der Waals surface area (Å²) in [7, 11) is 0. The average molecular weight is 538 g/mol. The zero-order valence-electron chi connectivity index (χ0n) is 22.3. The van der Waals surface area contributed by atoms with Gasteiger partial charge in [-0.15, -0.1) is 11.3 Å². The van der Waals surface area contributed by atoms with Gasteiger partial charge in [-0.05, 0) is 58.2 Å². The summed E-state index contributed by atoms with van der Waals surface area (Å²) in [5.74, 6) is -0.0282. The Labute approximate surface area is 227 Å². The molecule has 0 saturated carbocycles. The SMILES string of the molecule is CC(c1ccccc1)N(CC(=O)N1CCCC1C(=O)NCc1cc2c(N)nccc2s1)C(=O)OC(C)(C)C. The number of carbonyl (C=O) groups excluding carboxylic acids is 3. The number of nitrogens with one attached hydrogen (secondary N) is 1. The number of anilines is 1. The van der Waals surface area contributed by atoms with Crippen molar-refractivity contribution in [2.75, 3.05) is 18.8 Å². The number of benzene rings is 1. The van der Waals surface area contributed by atoms with Crippen molar-refractivity contribution in [1.29, 1.82) is 0 Å². The molecular weight excluding hydrogens is 502 g/mol. The van der Waals surface area contributed by atoms with Gasteiger partial charge in [-0.3, -0.25) is 14.5 Å². The van der Waals surface area contributed by atoms with Gasteiger partial charge in [-0.2, -0.15) is 0 Å². The van der Waals surface area contributed by atoms with Crippen molar-refractivity contribution in [3.05, 3.63) is 59.1 Å². The molecule has 3 N–H and O–H groups in total. The highest BCUT2D eigenvalue weighted by atomic mass is 32.1. The second-order valence-corrected chi connectivity index (χ2v) is 11.6. The van der Waals surface area contributed by atoms with Crippen LogP contribution in [0, 0.1) is 0 Å². The van der Waals surface area contributed by atoms with Crippen molar-refractivity contribution in [3.8, 4) is 0 Å². The molecule has 1 saturated heterocycles. The number of nitrogens with two attached hydrogens (primary N) is 1. The van der Waals surface area contributed by atoms with Crippen LogP contribution in [-0.4, -0.2) is 57.4 Å². The van der Waals surface area contributed by atoms with Gasteiger partial charge in [0.25, 0.3) is 0 Å². The van der Waals surface area contributed by atoms with Gasteiger partial charge in [-0.25, -0.2) is 9.78 Å². The molecule has 1 fully saturated rings. The second-order valence-electron chi connectivity index (χ2n) is 10.5. The number of likely N-dealkylation sites (tertiary alicyclic amines) is 1. The Morgan fingerprint density at radius 3 is 2.66 bits per heavy atom. The number of amides is 3. The van der Waals surface area contributed by atoms with Gasteiger partial charge in [0.05, 0.1) is 12.6 Å². The van der Waals surface area contributed by atoms with Gasteiger partial charge >= 0.3 is 6.09 Å². The van der Waals surface area contributed by atoms with Crippen LogP contribution in [0.2, 0.25) is 0 Å². The van der Waals surface area contributed by atoms with Gasteiger partial charge in [0, 0.05) is 27.7 Å². The number of fused-ring (bicyclic) bond motifs is 1. The lowest BCUT2D eigenvalue weighted by atomic mass is 10.1. The number of nitrogens with zero attached hydrogens (tertiary/aromatic N) is 3. The van der Waals surface area contributed by atoms with Crippen molar-refractivity contribution in [2.24, 2.45) is 0 Å². The molecule has 1 aliphatic heterocycles. The van der Waals surface area contributed by atoms with Crippen LogP contribution >= 0.6 is 11.3 Å². The van der Waals surface area contributed by atoms with E-state index in [1.807, 2.05) is 49.4 Å². The Morgan fingerprint density at radius 1 is 1.24 bits per heavy atom. The molecule has 202 valence electrons. The van der Waals surface area contributed by atoms with Crippen LogP contribution < -0.4 is 11.1 Å². The van der Waals surface area contributed by atoms with Crippen LogP contribution in [0.3, 0.4) is 0 Å². The highest BCUT2D eigenvalue weighted by molar-refractivity contribution is 7.19. The third-order valence-electron chi connectivity index (χ3n) is 6.52. The number of hydrogen-bond donors (Lipinski definition) is 2. The summed E-state index contributed by atoms with van der Waals surface area (Å²) in [4.78, 5) is 47.8. The molecular formula is C28H35N5O4S. The number of thiophene rings is 1. The van der Waals surface area contributed by atoms with Gasteiger partial charge in [0.1, 0.15) is 24.0 Å². The van der Waals surface area contributed by atoms with E-state index in [4.69, 9.17) is 10.5 Å². The Hall–Kier alpha value is -3.66. The van der Waals surface area contributed by atoms with E-state index in [0.717, 1.165) is 26.9 Å². The minimum Gasteiger partial charge on any atom is -0.444 e. The first-order valence-corrected chi connectivity index (χ1v) is 13.6. The van der Waals surface area contributed by atoms with Crippen LogP contribution in [0.25, 0.3) is 10.1 Å². The van der Waals surface area contributed by atoms with Crippen molar-refractivity contribution < 1.29 is 19.1 Å². The van der Waals surface area contributed by atoms with Crippen LogP contribution in [0.1, 0.15) is 57.0 Å². The van der Waals surface area contributed by atoms with Crippen molar-refractivity contribution in [2.45, 2.75) is 64.8 Å². The zero-order valence-corrected chi connectivity index (χ0v) is 23.1. The molecule has 1 aliphatic rings. The topological polar surface area (TPSA) is 118 Å². The number of hydrogen-bond acceptors (Lipinski definition) is 7. The summed E-state index contributed by atoms with van der Waals surface area (Å²) in [6.07, 6.45) is 2.38. The maximum atomic E-state index is 13.5. The molecule has 2 aromatic heterocycles. The monoisotopic (exact) mass is 537 g/mol. The highest BCUT2D eigenvalue weighted by Gasteiger charge is 2.37. The molecule has 38 heavy (non-hydrogen) atoms. The van der Waals surface area contributed by atoms with Gasteiger partial charge in [0.15, 0.2) is 0 Å². The summed E-state index contributed by atoms with van der Waals surface area (Å²) in [5.41, 5.74) is 6.14. The van der Waals surface area contributed by atoms with Crippen LogP contribution in [0.5, 0.6) is 0 Å². The number of ether oxygens (including phenoxy) is 1.